The fourth-order valence-corrected chi connectivity index (χ4v) is 1.25. The van der Waals surface area contributed by atoms with Crippen molar-refractivity contribution in [2.45, 2.75) is 6.92 Å². The van der Waals surface area contributed by atoms with E-state index in [-0.39, 0.29) is 13.2 Å². The minimum atomic E-state index is -0.526. The lowest BCUT2D eigenvalue weighted by Crippen LogP contribution is -2.40. The van der Waals surface area contributed by atoms with E-state index in [1.807, 2.05) is 30.3 Å². The Morgan fingerprint density at radius 3 is 2.61 bits per heavy atom. The van der Waals surface area contributed by atoms with E-state index in [4.69, 9.17) is 5.84 Å². The highest BCUT2D eigenvalue weighted by molar-refractivity contribution is 5.93. The fraction of sp³-hybridized carbons (Fsp3) is 0.231. The quantitative estimate of drug-likeness (QED) is 0.277. The summed E-state index contributed by atoms with van der Waals surface area (Å²) in [5.41, 5.74) is 0.885. The van der Waals surface area contributed by atoms with E-state index < -0.39 is 11.9 Å². The second-order valence-electron chi connectivity index (χ2n) is 3.52. The van der Waals surface area contributed by atoms with Gasteiger partial charge in [0.1, 0.15) is 6.54 Å². The lowest BCUT2D eigenvalue weighted by molar-refractivity contribution is -0.147. The van der Waals surface area contributed by atoms with Crippen LogP contribution in [0.25, 0.3) is 6.08 Å². The Balaban J connectivity index is 2.50. The van der Waals surface area contributed by atoms with Gasteiger partial charge in [0.05, 0.1) is 6.61 Å². The summed E-state index contributed by atoms with van der Waals surface area (Å²) < 4.78 is 4.69. The highest BCUT2D eigenvalue weighted by Crippen LogP contribution is 2.01. The van der Waals surface area contributed by atoms with Gasteiger partial charge in [-0.1, -0.05) is 30.3 Å². The molecule has 1 aromatic carbocycles. The maximum Gasteiger partial charge on any atom is 0.327 e. The molecule has 2 N–H and O–H groups in total. The Morgan fingerprint density at radius 1 is 1.33 bits per heavy atom. The van der Waals surface area contributed by atoms with Crippen LogP contribution in [0.5, 0.6) is 0 Å². The molecule has 5 heteroatoms. The third-order valence-corrected chi connectivity index (χ3v) is 2.11. The first-order valence-corrected chi connectivity index (χ1v) is 5.58. The standard InChI is InChI=1S/C13H16N2O3/c1-2-18-13(17)10-15(14)12(16)9-8-11-6-4-3-5-7-11/h3-9H,2,10,14H2,1H3. The smallest absolute Gasteiger partial charge is 0.327 e. The van der Waals surface area contributed by atoms with Gasteiger partial charge in [-0.3, -0.25) is 14.6 Å². The van der Waals surface area contributed by atoms with Gasteiger partial charge in [0, 0.05) is 6.08 Å². The van der Waals surface area contributed by atoms with E-state index >= 15 is 0 Å². The summed E-state index contributed by atoms with van der Waals surface area (Å²) >= 11 is 0. The maximum atomic E-state index is 11.6. The van der Waals surface area contributed by atoms with E-state index in [0.717, 1.165) is 10.6 Å². The normalized spacial score (nSPS) is 10.3. The average molecular weight is 248 g/mol. The molecule has 0 heterocycles. The van der Waals surface area contributed by atoms with E-state index in [0.29, 0.717) is 0 Å². The van der Waals surface area contributed by atoms with Crippen molar-refractivity contribution in [3.8, 4) is 0 Å². The first kappa shape index (κ1) is 13.9. The number of carbonyl (C=O) groups excluding carboxylic acids is 2. The Kier molecular flexibility index (Phi) is 5.60. The van der Waals surface area contributed by atoms with Crippen molar-refractivity contribution >= 4 is 18.0 Å². The molecule has 0 saturated carbocycles. The Hall–Kier alpha value is -2.14. The van der Waals surface area contributed by atoms with E-state index in [1.54, 1.807) is 13.0 Å². The summed E-state index contributed by atoms with van der Waals surface area (Å²) in [7, 11) is 0. The third-order valence-electron chi connectivity index (χ3n) is 2.11. The van der Waals surface area contributed by atoms with Crippen LogP contribution in [0.1, 0.15) is 12.5 Å². The number of rotatable bonds is 5. The molecule has 0 aromatic heterocycles. The van der Waals surface area contributed by atoms with Gasteiger partial charge in [-0.25, -0.2) is 5.84 Å². The van der Waals surface area contributed by atoms with E-state index in [2.05, 4.69) is 4.74 Å². The molecule has 0 saturated heterocycles. The summed E-state index contributed by atoms with van der Waals surface area (Å²) in [5, 5.41) is 0.817. The fourth-order valence-electron chi connectivity index (χ4n) is 1.25. The molecule has 1 amide bonds. The van der Waals surface area contributed by atoms with E-state index in [1.165, 1.54) is 6.08 Å². The minimum absolute atomic E-state index is 0.258. The van der Waals surface area contributed by atoms with Gasteiger partial charge < -0.3 is 4.74 Å². The van der Waals surface area contributed by atoms with Gasteiger partial charge in [-0.2, -0.15) is 0 Å². The van der Waals surface area contributed by atoms with Crippen molar-refractivity contribution in [2.75, 3.05) is 13.2 Å². The van der Waals surface area contributed by atoms with Gasteiger partial charge in [0.2, 0.25) is 0 Å². The van der Waals surface area contributed by atoms with Crippen molar-refractivity contribution in [3.05, 3.63) is 42.0 Å². The number of esters is 1. The molecule has 1 aromatic rings. The monoisotopic (exact) mass is 248 g/mol. The number of nitrogens with zero attached hydrogens (tertiary/aromatic N) is 1. The molecule has 96 valence electrons. The lowest BCUT2D eigenvalue weighted by atomic mass is 10.2. The molecule has 0 atom stereocenters. The molecular formula is C13H16N2O3. The molecule has 0 spiro atoms. The molecule has 0 fully saturated rings. The molecule has 0 radical (unpaired) electrons. The Bertz CT molecular complexity index is 429. The molecule has 5 nitrogen and oxygen atoms in total. The number of carbonyl (C=O) groups is 2. The number of hydrogen-bond acceptors (Lipinski definition) is 4. The number of hydrogen-bond donors (Lipinski definition) is 1. The van der Waals surface area contributed by atoms with Crippen LogP contribution in [-0.4, -0.2) is 30.0 Å². The highest BCUT2D eigenvalue weighted by Gasteiger charge is 2.11. The number of nitrogens with two attached hydrogens (primary N) is 1. The summed E-state index contributed by atoms with van der Waals surface area (Å²) in [6.45, 7) is 1.70. The number of hydrazine groups is 1. The third kappa shape index (κ3) is 4.80. The first-order valence-electron chi connectivity index (χ1n) is 5.58. The van der Waals surface area contributed by atoms with Crippen LogP contribution in [-0.2, 0) is 14.3 Å². The summed E-state index contributed by atoms with van der Waals surface area (Å²) in [6, 6.07) is 9.33. The largest absolute Gasteiger partial charge is 0.465 e. The molecule has 0 unspecified atom stereocenters. The second-order valence-corrected chi connectivity index (χ2v) is 3.52. The van der Waals surface area contributed by atoms with Crippen LogP contribution in [0, 0.1) is 0 Å². The van der Waals surface area contributed by atoms with Crippen LogP contribution >= 0.6 is 0 Å². The molecular weight excluding hydrogens is 232 g/mol. The van der Waals surface area contributed by atoms with Gasteiger partial charge in [0.15, 0.2) is 0 Å². The topological polar surface area (TPSA) is 72.6 Å². The second kappa shape index (κ2) is 7.24. The van der Waals surface area contributed by atoms with Gasteiger partial charge >= 0.3 is 5.97 Å². The van der Waals surface area contributed by atoms with Gasteiger partial charge in [-0.05, 0) is 18.6 Å². The van der Waals surface area contributed by atoms with Crippen molar-refractivity contribution < 1.29 is 14.3 Å². The predicted octanol–water partition coefficient (Wildman–Crippen LogP) is 0.965. The maximum absolute atomic E-state index is 11.6. The van der Waals surface area contributed by atoms with Gasteiger partial charge in [0.25, 0.3) is 5.91 Å². The van der Waals surface area contributed by atoms with Crippen molar-refractivity contribution in [1.29, 1.82) is 0 Å². The zero-order valence-corrected chi connectivity index (χ0v) is 10.2. The number of benzene rings is 1. The molecule has 0 aliphatic heterocycles. The minimum Gasteiger partial charge on any atom is -0.465 e. The van der Waals surface area contributed by atoms with Gasteiger partial charge in [-0.15, -0.1) is 0 Å². The van der Waals surface area contributed by atoms with Crippen LogP contribution in [0.3, 0.4) is 0 Å². The van der Waals surface area contributed by atoms with E-state index in [9.17, 15) is 9.59 Å². The van der Waals surface area contributed by atoms with Crippen LogP contribution in [0.4, 0.5) is 0 Å². The van der Waals surface area contributed by atoms with Crippen molar-refractivity contribution in [1.82, 2.24) is 5.01 Å². The number of ether oxygens (including phenoxy) is 1. The predicted molar refractivity (Wildman–Crippen MR) is 68.0 cm³/mol. The molecule has 1 rings (SSSR count). The van der Waals surface area contributed by atoms with Crippen LogP contribution < -0.4 is 5.84 Å². The number of amides is 1. The molecule has 0 aliphatic rings. The highest BCUT2D eigenvalue weighted by atomic mass is 16.5. The zero-order chi connectivity index (χ0) is 13.4. The van der Waals surface area contributed by atoms with Crippen LogP contribution in [0.2, 0.25) is 0 Å². The summed E-state index contributed by atoms with van der Waals surface area (Å²) in [4.78, 5) is 22.7. The van der Waals surface area contributed by atoms with Crippen LogP contribution in [0.15, 0.2) is 36.4 Å². The summed E-state index contributed by atoms with van der Waals surface area (Å²) in [5.74, 6) is 4.47. The SMILES string of the molecule is CCOC(=O)CN(N)C(=O)C=Cc1ccccc1. The van der Waals surface area contributed by atoms with Crippen molar-refractivity contribution in [2.24, 2.45) is 5.84 Å². The summed E-state index contributed by atoms with van der Waals surface area (Å²) in [6.07, 6.45) is 2.95. The average Bonchev–Trinajstić information content (AvgIpc) is 2.37. The van der Waals surface area contributed by atoms with Crippen molar-refractivity contribution in [3.63, 3.8) is 0 Å². The first-order chi connectivity index (χ1) is 8.63. The lowest BCUT2D eigenvalue weighted by Gasteiger charge is -2.12. The molecule has 0 bridgehead atoms. The zero-order valence-electron chi connectivity index (χ0n) is 10.2. The molecule has 18 heavy (non-hydrogen) atoms. The Labute approximate surface area is 106 Å². The molecule has 0 aliphatic carbocycles. The Morgan fingerprint density at radius 2 is 2.00 bits per heavy atom.